The highest BCUT2D eigenvalue weighted by atomic mass is 19.3. The molecule has 168 valence electrons. The number of aromatic nitrogens is 3. The molecule has 2 N–H and O–H groups in total. The molecule has 2 atom stereocenters. The summed E-state index contributed by atoms with van der Waals surface area (Å²) in [5.41, 5.74) is 2.68. The lowest BCUT2D eigenvalue weighted by molar-refractivity contribution is -0.0221. The number of aromatic amines is 1. The first-order valence-electron chi connectivity index (χ1n) is 11.4. The summed E-state index contributed by atoms with van der Waals surface area (Å²) >= 11 is 0. The first-order valence-corrected chi connectivity index (χ1v) is 11.4. The number of fused-ring (bicyclic) bond motifs is 1. The van der Waals surface area contributed by atoms with Crippen molar-refractivity contribution >= 4 is 11.7 Å². The van der Waals surface area contributed by atoms with Crippen LogP contribution in [0.25, 0.3) is 11.4 Å². The maximum atomic E-state index is 13.5. The number of rotatable bonds is 3. The van der Waals surface area contributed by atoms with E-state index in [1.807, 2.05) is 11.0 Å². The molecule has 2 fully saturated rings. The molecule has 0 aromatic carbocycles. The van der Waals surface area contributed by atoms with Gasteiger partial charge in [0, 0.05) is 49.3 Å². The Bertz CT molecular complexity index is 1060. The van der Waals surface area contributed by atoms with Gasteiger partial charge in [-0.15, -0.1) is 0 Å². The van der Waals surface area contributed by atoms with Gasteiger partial charge in [-0.2, -0.15) is 5.26 Å². The number of imidazole rings is 1. The largest absolute Gasteiger partial charge is 0.355 e. The molecule has 32 heavy (non-hydrogen) atoms. The number of hydrogen-bond acceptors (Lipinski definition) is 5. The number of pyridine rings is 1. The van der Waals surface area contributed by atoms with Crippen LogP contribution in [0.4, 0.5) is 14.6 Å². The van der Waals surface area contributed by atoms with Gasteiger partial charge in [0.1, 0.15) is 11.6 Å². The summed E-state index contributed by atoms with van der Waals surface area (Å²) in [5.74, 6) is -1.75. The molecular formula is C23H26F2N6O. The number of piperidine rings is 1. The van der Waals surface area contributed by atoms with Crippen LogP contribution >= 0.6 is 0 Å². The van der Waals surface area contributed by atoms with Crippen LogP contribution in [-0.2, 0) is 6.54 Å². The van der Waals surface area contributed by atoms with Crippen molar-refractivity contribution < 1.29 is 13.6 Å². The van der Waals surface area contributed by atoms with E-state index in [2.05, 4.69) is 21.4 Å². The fraction of sp³-hybridized carbons (Fsp3) is 0.565. The zero-order chi connectivity index (χ0) is 22.3. The number of nitriles is 1. The molecule has 5 rings (SSSR count). The highest BCUT2D eigenvalue weighted by molar-refractivity contribution is 6.03. The highest BCUT2D eigenvalue weighted by Crippen LogP contribution is 2.39. The molecule has 2 aliphatic heterocycles. The normalized spacial score (nSPS) is 25.0. The summed E-state index contributed by atoms with van der Waals surface area (Å²) in [7, 11) is 0. The second-order valence-corrected chi connectivity index (χ2v) is 9.03. The molecule has 1 saturated carbocycles. The number of carbonyl (C=O) groups is 1. The van der Waals surface area contributed by atoms with Crippen molar-refractivity contribution in [1.82, 2.24) is 20.3 Å². The van der Waals surface area contributed by atoms with E-state index in [0.29, 0.717) is 35.0 Å². The standard InChI is InChI=1S/C23H26F2N6O/c24-23(25)6-8-31(9-7-23)19-13-27-21(30-19)16-10-17(29-18-12-28-22(32)20(16)18)15-5-3-1-2-4-14(15)11-26/h10,13-15H,1-9,12H2,(H,27,30)(H,28,32). The van der Waals surface area contributed by atoms with Crippen molar-refractivity contribution in [3.05, 3.63) is 29.2 Å². The predicted octanol–water partition coefficient (Wildman–Crippen LogP) is 4.14. The maximum Gasteiger partial charge on any atom is 0.254 e. The van der Waals surface area contributed by atoms with Gasteiger partial charge >= 0.3 is 0 Å². The van der Waals surface area contributed by atoms with Gasteiger partial charge in [-0.3, -0.25) is 9.78 Å². The van der Waals surface area contributed by atoms with Crippen LogP contribution < -0.4 is 10.2 Å². The van der Waals surface area contributed by atoms with Crippen molar-refractivity contribution in [2.24, 2.45) is 5.92 Å². The lowest BCUT2D eigenvalue weighted by Gasteiger charge is -2.31. The number of nitrogens with zero attached hydrogens (tertiary/aromatic N) is 4. The number of halogens is 2. The van der Waals surface area contributed by atoms with Crippen molar-refractivity contribution in [3.8, 4) is 17.5 Å². The van der Waals surface area contributed by atoms with Crippen LogP contribution in [0.3, 0.4) is 0 Å². The summed E-state index contributed by atoms with van der Waals surface area (Å²) in [4.78, 5) is 27.0. The number of anilines is 1. The minimum absolute atomic E-state index is 0.0287. The number of carbonyl (C=O) groups excluding carboxylic acids is 1. The minimum atomic E-state index is -2.62. The zero-order valence-corrected chi connectivity index (χ0v) is 17.8. The third-order valence-electron chi connectivity index (χ3n) is 6.96. The first-order chi connectivity index (χ1) is 15.4. The highest BCUT2D eigenvalue weighted by Gasteiger charge is 2.35. The number of alkyl halides is 2. The van der Waals surface area contributed by atoms with Crippen LogP contribution in [0.5, 0.6) is 0 Å². The summed E-state index contributed by atoms with van der Waals surface area (Å²) in [6, 6.07) is 4.37. The Labute approximate surface area is 185 Å². The monoisotopic (exact) mass is 440 g/mol. The Kier molecular flexibility index (Phi) is 5.31. The Morgan fingerprint density at radius 1 is 1.16 bits per heavy atom. The van der Waals surface area contributed by atoms with E-state index in [4.69, 9.17) is 4.98 Å². The molecule has 4 heterocycles. The van der Waals surface area contributed by atoms with Gasteiger partial charge in [-0.05, 0) is 18.9 Å². The van der Waals surface area contributed by atoms with Gasteiger partial charge in [-0.1, -0.05) is 19.3 Å². The molecular weight excluding hydrogens is 414 g/mol. The smallest absolute Gasteiger partial charge is 0.254 e. The van der Waals surface area contributed by atoms with E-state index in [9.17, 15) is 18.8 Å². The van der Waals surface area contributed by atoms with Gasteiger partial charge in [0.2, 0.25) is 0 Å². The van der Waals surface area contributed by atoms with Crippen molar-refractivity contribution in [3.63, 3.8) is 0 Å². The Morgan fingerprint density at radius 2 is 1.94 bits per heavy atom. The minimum Gasteiger partial charge on any atom is -0.355 e. The number of H-pyrrole nitrogens is 1. The molecule has 1 amide bonds. The lowest BCUT2D eigenvalue weighted by atomic mass is 9.85. The molecule has 2 aromatic rings. The van der Waals surface area contributed by atoms with Crippen molar-refractivity contribution in [2.75, 3.05) is 18.0 Å². The summed E-state index contributed by atoms with van der Waals surface area (Å²) in [6.07, 6.45) is 6.30. The van der Waals surface area contributed by atoms with Crippen molar-refractivity contribution in [2.45, 2.75) is 63.3 Å². The Morgan fingerprint density at radius 3 is 2.72 bits per heavy atom. The van der Waals surface area contributed by atoms with Crippen molar-refractivity contribution in [1.29, 1.82) is 5.26 Å². The van der Waals surface area contributed by atoms with Gasteiger partial charge in [-0.25, -0.2) is 13.8 Å². The number of amides is 1. The molecule has 0 radical (unpaired) electrons. The molecule has 7 nitrogen and oxygen atoms in total. The van der Waals surface area contributed by atoms with E-state index in [0.717, 1.165) is 37.8 Å². The molecule has 2 unspecified atom stereocenters. The zero-order valence-electron chi connectivity index (χ0n) is 17.8. The van der Waals surface area contributed by atoms with E-state index < -0.39 is 5.92 Å². The van der Waals surface area contributed by atoms with Gasteiger partial charge in [0.15, 0.2) is 0 Å². The SMILES string of the molecule is N#CC1CCCCCC1c1cc(-c2nc(N3CCC(F)(F)CC3)c[nH]2)c2c(n1)CNC2=O. The molecule has 3 aliphatic rings. The fourth-order valence-corrected chi connectivity index (χ4v) is 5.12. The number of nitrogens with one attached hydrogen (secondary N) is 2. The van der Waals surface area contributed by atoms with E-state index in [1.165, 1.54) is 0 Å². The topological polar surface area (TPSA) is 97.7 Å². The van der Waals surface area contributed by atoms with E-state index in [-0.39, 0.29) is 43.7 Å². The molecule has 1 aliphatic carbocycles. The maximum absolute atomic E-state index is 13.5. The summed E-state index contributed by atoms with van der Waals surface area (Å²) in [6.45, 7) is 0.834. The average Bonchev–Trinajstić information content (AvgIpc) is 3.33. The second kappa shape index (κ2) is 8.15. The number of hydrogen-bond donors (Lipinski definition) is 2. The van der Waals surface area contributed by atoms with Gasteiger partial charge in [0.05, 0.1) is 29.8 Å². The lowest BCUT2D eigenvalue weighted by Crippen LogP contribution is -2.39. The van der Waals surface area contributed by atoms with Crippen LogP contribution in [0.15, 0.2) is 12.3 Å². The van der Waals surface area contributed by atoms with E-state index >= 15 is 0 Å². The molecule has 9 heteroatoms. The molecule has 2 aromatic heterocycles. The molecule has 0 bridgehead atoms. The first kappa shape index (κ1) is 20.9. The molecule has 1 saturated heterocycles. The van der Waals surface area contributed by atoms with Crippen LogP contribution in [-0.4, -0.2) is 39.9 Å². The Balaban J connectivity index is 1.51. The third-order valence-corrected chi connectivity index (χ3v) is 6.96. The van der Waals surface area contributed by atoms with Crippen LogP contribution in [0, 0.1) is 17.2 Å². The van der Waals surface area contributed by atoms with Crippen LogP contribution in [0.2, 0.25) is 0 Å². The summed E-state index contributed by atoms with van der Waals surface area (Å²) < 4.78 is 27.1. The Hall–Kier alpha value is -3.02. The van der Waals surface area contributed by atoms with Gasteiger partial charge < -0.3 is 15.2 Å². The van der Waals surface area contributed by atoms with Crippen LogP contribution in [0.1, 0.15) is 72.6 Å². The predicted molar refractivity (Wildman–Crippen MR) is 114 cm³/mol. The molecule has 0 spiro atoms. The third kappa shape index (κ3) is 3.83. The second-order valence-electron chi connectivity index (χ2n) is 9.03. The fourth-order valence-electron chi connectivity index (χ4n) is 5.12. The van der Waals surface area contributed by atoms with Gasteiger partial charge in [0.25, 0.3) is 11.8 Å². The summed E-state index contributed by atoms with van der Waals surface area (Å²) in [5, 5.41) is 12.6. The van der Waals surface area contributed by atoms with E-state index in [1.54, 1.807) is 6.20 Å². The average molecular weight is 440 g/mol. The quantitative estimate of drug-likeness (QED) is 0.699.